The number of carbonyl (C=O) groups excluding carboxylic acids is 1. The van der Waals surface area contributed by atoms with Crippen molar-refractivity contribution in [3.8, 4) is 5.75 Å². The predicted molar refractivity (Wildman–Crippen MR) is 103 cm³/mol. The van der Waals surface area contributed by atoms with Crippen LogP contribution in [0.25, 0.3) is 0 Å². The van der Waals surface area contributed by atoms with E-state index in [0.717, 1.165) is 0 Å². The van der Waals surface area contributed by atoms with Crippen LogP contribution < -0.4 is 9.46 Å². The number of piperidine rings is 1. The van der Waals surface area contributed by atoms with Crippen molar-refractivity contribution in [3.05, 3.63) is 60.2 Å². The first-order valence-corrected chi connectivity index (χ1v) is 10.6. The second kappa shape index (κ2) is 8.54. The van der Waals surface area contributed by atoms with Gasteiger partial charge in [0.15, 0.2) is 0 Å². The van der Waals surface area contributed by atoms with Crippen molar-refractivity contribution in [1.82, 2.24) is 9.62 Å². The third-order valence-electron chi connectivity index (χ3n) is 4.57. The Hall–Kier alpha value is -2.38. The molecule has 0 unspecified atom stereocenters. The number of nitrogens with zero attached hydrogens (tertiary/aromatic N) is 1. The zero-order valence-electron chi connectivity index (χ0n) is 15.3. The van der Waals surface area contributed by atoms with E-state index in [9.17, 15) is 13.2 Å². The van der Waals surface area contributed by atoms with Gasteiger partial charge in [-0.15, -0.1) is 0 Å². The van der Waals surface area contributed by atoms with Gasteiger partial charge in [-0.05, 0) is 56.2 Å². The molecular weight excluding hydrogens is 364 g/mol. The van der Waals surface area contributed by atoms with Crippen LogP contribution in [-0.2, 0) is 10.0 Å². The molecule has 1 aliphatic rings. The van der Waals surface area contributed by atoms with Crippen LogP contribution in [0.2, 0.25) is 0 Å². The van der Waals surface area contributed by atoms with Crippen molar-refractivity contribution < 1.29 is 17.9 Å². The van der Waals surface area contributed by atoms with Crippen molar-refractivity contribution in [2.24, 2.45) is 0 Å². The lowest BCUT2D eigenvalue weighted by Gasteiger charge is -2.32. The summed E-state index contributed by atoms with van der Waals surface area (Å²) in [7, 11) is -3.59. The summed E-state index contributed by atoms with van der Waals surface area (Å²) < 4.78 is 33.2. The molecule has 1 fully saturated rings. The summed E-state index contributed by atoms with van der Waals surface area (Å²) in [5, 5.41) is 0. The largest absolute Gasteiger partial charge is 0.494 e. The van der Waals surface area contributed by atoms with Gasteiger partial charge < -0.3 is 9.64 Å². The molecule has 1 amide bonds. The molecule has 2 aromatic rings. The molecule has 1 heterocycles. The molecule has 0 aliphatic carbocycles. The standard InChI is InChI=1S/C20H24N2O4S/c1-2-26-18-8-10-19(11-9-18)27(24,25)21-17-12-14-22(15-13-17)20(23)16-6-4-3-5-7-16/h3-11,17,21H,2,12-15H2,1H3. The molecule has 0 aromatic heterocycles. The average Bonchev–Trinajstić information content (AvgIpc) is 2.69. The van der Waals surface area contributed by atoms with Gasteiger partial charge in [-0.25, -0.2) is 13.1 Å². The molecule has 0 spiro atoms. The SMILES string of the molecule is CCOc1ccc(S(=O)(=O)NC2CCN(C(=O)c3ccccc3)CC2)cc1. The van der Waals surface area contributed by atoms with Gasteiger partial charge in [-0.3, -0.25) is 4.79 Å². The van der Waals surface area contributed by atoms with Crippen molar-refractivity contribution in [2.45, 2.75) is 30.7 Å². The molecular formula is C20H24N2O4S. The first kappa shape index (κ1) is 19.4. The normalized spacial score (nSPS) is 15.5. The average molecular weight is 388 g/mol. The lowest BCUT2D eigenvalue weighted by Crippen LogP contribution is -2.46. The van der Waals surface area contributed by atoms with Crippen molar-refractivity contribution >= 4 is 15.9 Å². The summed E-state index contributed by atoms with van der Waals surface area (Å²) in [5.74, 6) is 0.632. The fraction of sp³-hybridized carbons (Fsp3) is 0.350. The first-order valence-electron chi connectivity index (χ1n) is 9.09. The molecule has 7 heteroatoms. The van der Waals surface area contributed by atoms with E-state index < -0.39 is 10.0 Å². The maximum absolute atomic E-state index is 12.6. The van der Waals surface area contributed by atoms with Gasteiger partial charge in [0, 0.05) is 24.7 Å². The number of hydrogen-bond donors (Lipinski definition) is 1. The third kappa shape index (κ3) is 4.87. The number of likely N-dealkylation sites (tertiary alicyclic amines) is 1. The van der Waals surface area contributed by atoms with Gasteiger partial charge in [0.25, 0.3) is 5.91 Å². The van der Waals surface area contributed by atoms with Gasteiger partial charge in [0.2, 0.25) is 10.0 Å². The topological polar surface area (TPSA) is 75.7 Å². The highest BCUT2D eigenvalue weighted by Crippen LogP contribution is 2.19. The van der Waals surface area contributed by atoms with Gasteiger partial charge in [-0.2, -0.15) is 0 Å². The van der Waals surface area contributed by atoms with E-state index in [0.29, 0.717) is 43.9 Å². The maximum atomic E-state index is 12.6. The minimum Gasteiger partial charge on any atom is -0.494 e. The van der Waals surface area contributed by atoms with E-state index in [1.54, 1.807) is 41.3 Å². The highest BCUT2D eigenvalue weighted by Gasteiger charge is 2.27. The number of hydrogen-bond acceptors (Lipinski definition) is 4. The van der Waals surface area contributed by atoms with Crippen molar-refractivity contribution in [3.63, 3.8) is 0 Å². The second-order valence-corrected chi connectivity index (χ2v) is 8.17. The molecule has 1 N–H and O–H groups in total. The summed E-state index contributed by atoms with van der Waals surface area (Å²) in [5.41, 5.74) is 0.658. The number of amides is 1. The van der Waals surface area contributed by atoms with Crippen LogP contribution in [0.3, 0.4) is 0 Å². The number of nitrogens with one attached hydrogen (secondary N) is 1. The minimum absolute atomic E-state index is 0.0107. The minimum atomic E-state index is -3.59. The lowest BCUT2D eigenvalue weighted by atomic mass is 10.0. The Morgan fingerprint density at radius 1 is 1.07 bits per heavy atom. The third-order valence-corrected chi connectivity index (χ3v) is 6.11. The number of carbonyl (C=O) groups is 1. The molecule has 0 radical (unpaired) electrons. The molecule has 6 nitrogen and oxygen atoms in total. The van der Waals surface area contributed by atoms with Crippen LogP contribution in [0.4, 0.5) is 0 Å². The molecule has 0 bridgehead atoms. The van der Waals surface area contributed by atoms with E-state index in [2.05, 4.69) is 4.72 Å². The summed E-state index contributed by atoms with van der Waals surface area (Å²) in [6, 6.07) is 15.4. The Kier molecular flexibility index (Phi) is 6.13. The molecule has 144 valence electrons. The highest BCUT2D eigenvalue weighted by atomic mass is 32.2. The highest BCUT2D eigenvalue weighted by molar-refractivity contribution is 7.89. The van der Waals surface area contributed by atoms with E-state index in [1.165, 1.54) is 0 Å². The lowest BCUT2D eigenvalue weighted by molar-refractivity contribution is 0.0711. The second-order valence-electron chi connectivity index (χ2n) is 6.46. The molecule has 1 aliphatic heterocycles. The van der Waals surface area contributed by atoms with Gasteiger partial charge in [0.1, 0.15) is 5.75 Å². The number of sulfonamides is 1. The zero-order valence-corrected chi connectivity index (χ0v) is 16.1. The zero-order chi connectivity index (χ0) is 19.3. The summed E-state index contributed by atoms with van der Waals surface area (Å²) in [6.07, 6.45) is 1.18. The van der Waals surface area contributed by atoms with Crippen molar-refractivity contribution in [2.75, 3.05) is 19.7 Å². The van der Waals surface area contributed by atoms with Crippen LogP contribution in [0.1, 0.15) is 30.1 Å². The van der Waals surface area contributed by atoms with E-state index >= 15 is 0 Å². The number of ether oxygens (including phenoxy) is 1. The van der Waals surface area contributed by atoms with Gasteiger partial charge in [-0.1, -0.05) is 18.2 Å². The fourth-order valence-corrected chi connectivity index (χ4v) is 4.44. The van der Waals surface area contributed by atoms with E-state index in [4.69, 9.17) is 4.74 Å². The first-order chi connectivity index (χ1) is 13.0. The molecule has 3 rings (SSSR count). The Morgan fingerprint density at radius 3 is 2.30 bits per heavy atom. The van der Waals surface area contributed by atoms with E-state index in [-0.39, 0.29) is 16.8 Å². The summed E-state index contributed by atoms with van der Waals surface area (Å²) in [6.45, 7) is 3.47. The Labute approximate surface area is 160 Å². The molecule has 1 saturated heterocycles. The Bertz CT molecular complexity index is 859. The Morgan fingerprint density at radius 2 is 1.70 bits per heavy atom. The summed E-state index contributed by atoms with van der Waals surface area (Å²) in [4.78, 5) is 14.5. The van der Waals surface area contributed by atoms with Crippen LogP contribution in [0, 0.1) is 0 Å². The number of benzene rings is 2. The predicted octanol–water partition coefficient (Wildman–Crippen LogP) is 2.67. The van der Waals surface area contributed by atoms with Crippen molar-refractivity contribution in [1.29, 1.82) is 0 Å². The summed E-state index contributed by atoms with van der Waals surface area (Å²) >= 11 is 0. The van der Waals surface area contributed by atoms with Crippen LogP contribution >= 0.6 is 0 Å². The van der Waals surface area contributed by atoms with Crippen LogP contribution in [-0.4, -0.2) is 45.0 Å². The quantitative estimate of drug-likeness (QED) is 0.826. The smallest absolute Gasteiger partial charge is 0.253 e. The molecule has 0 atom stereocenters. The molecule has 27 heavy (non-hydrogen) atoms. The van der Waals surface area contributed by atoms with Crippen LogP contribution in [0.15, 0.2) is 59.5 Å². The van der Waals surface area contributed by atoms with Gasteiger partial charge >= 0.3 is 0 Å². The fourth-order valence-electron chi connectivity index (χ4n) is 3.13. The van der Waals surface area contributed by atoms with Crippen LogP contribution in [0.5, 0.6) is 5.75 Å². The molecule has 2 aromatic carbocycles. The number of rotatable bonds is 6. The monoisotopic (exact) mass is 388 g/mol. The van der Waals surface area contributed by atoms with Gasteiger partial charge in [0.05, 0.1) is 11.5 Å². The molecule has 0 saturated carbocycles. The Balaban J connectivity index is 1.57. The van der Waals surface area contributed by atoms with E-state index in [1.807, 2.05) is 25.1 Å². The maximum Gasteiger partial charge on any atom is 0.253 e.